The average Bonchev–Trinajstić information content (AvgIpc) is 1.36. The van der Waals surface area contributed by atoms with E-state index >= 15 is 0 Å². The van der Waals surface area contributed by atoms with Crippen LogP contribution in [0.25, 0.3) is 0 Å². The molecule has 2 aliphatic carbocycles. The Hall–Kier alpha value is -2.70. The van der Waals surface area contributed by atoms with Crippen LogP contribution < -0.4 is 19.7 Å². The van der Waals surface area contributed by atoms with E-state index in [9.17, 15) is 39.9 Å². The Bertz CT molecular complexity index is 2700. The Morgan fingerprint density at radius 1 is 0.881 bits per heavy atom. The molecule has 0 saturated carbocycles. The lowest BCUT2D eigenvalue weighted by molar-refractivity contribution is -0.337. The van der Waals surface area contributed by atoms with E-state index in [-0.39, 0.29) is 64.4 Å². The normalized spacial score (nSPS) is 36.0. The van der Waals surface area contributed by atoms with Crippen molar-refractivity contribution in [3.63, 3.8) is 0 Å². The van der Waals surface area contributed by atoms with Crippen molar-refractivity contribution in [3.05, 3.63) is 49.6 Å². The Morgan fingerprint density at radius 3 is 2.27 bits per heavy atom. The number of hydrogen-bond donors (Lipinski definition) is 6. The number of thioether (sulfide) groups is 1. The van der Waals surface area contributed by atoms with Crippen molar-refractivity contribution in [2.75, 3.05) is 54.2 Å². The lowest BCUT2D eigenvalue weighted by Crippen LogP contribution is -2.65. The third-order valence-electron chi connectivity index (χ3n) is 15.3. The fraction of sp³-hybridized carbons (Fsp3) is 0.667. The summed E-state index contributed by atoms with van der Waals surface area (Å²) in [6.45, 7) is 9.04. The summed E-state index contributed by atoms with van der Waals surface area (Å²) in [6.07, 6.45) is -8.94. The second-order valence-electron chi connectivity index (χ2n) is 20.7. The summed E-state index contributed by atoms with van der Waals surface area (Å²) in [4.78, 5) is 47.8. The summed E-state index contributed by atoms with van der Waals surface area (Å²) in [5.74, 6) is 11.0. The maximum Gasteiger partial charge on any atom is 0.310 e. The lowest BCUT2D eigenvalue weighted by atomic mass is 9.72. The highest BCUT2D eigenvalue weighted by Gasteiger charge is 2.52. The predicted octanol–water partition coefficient (Wildman–Crippen LogP) is 4.88. The molecule has 4 aliphatic heterocycles. The van der Waals surface area contributed by atoms with E-state index in [1.54, 1.807) is 40.9 Å². The maximum atomic E-state index is 14.4. The van der Waals surface area contributed by atoms with Gasteiger partial charge in [0.1, 0.15) is 36.6 Å². The Balaban J connectivity index is 1.12. The van der Waals surface area contributed by atoms with Gasteiger partial charge < -0.3 is 82.4 Å². The van der Waals surface area contributed by atoms with E-state index < -0.39 is 133 Å². The topological polar surface area (TPSA) is 284 Å². The number of hydroxylamine groups is 1. The number of ketones is 1. The third-order valence-corrected chi connectivity index (χ3v) is 21.7. The summed E-state index contributed by atoms with van der Waals surface area (Å²) in [5, 5.41) is 56.9. The number of halogens is 1. The summed E-state index contributed by atoms with van der Waals surface area (Å²) in [5.41, 5.74) is 1.82. The van der Waals surface area contributed by atoms with Crippen LogP contribution in [0.2, 0.25) is 0 Å². The molecule has 1 aromatic carbocycles. The lowest BCUT2D eigenvalue weighted by Gasteiger charge is -2.46. The first-order valence-corrected chi connectivity index (χ1v) is 33.4. The largest absolute Gasteiger partial charge is 0.492 e. The number of fused-ring (bicyclic) bond motifs is 2. The Labute approximate surface area is 519 Å². The number of carbonyl (C=O) groups is 3. The summed E-state index contributed by atoms with van der Waals surface area (Å²) >= 11 is 2.84. The fourth-order valence-corrected chi connectivity index (χ4v) is 15.1. The molecule has 4 saturated heterocycles. The zero-order valence-electron chi connectivity index (χ0n) is 48.6. The van der Waals surface area contributed by atoms with Gasteiger partial charge in [-0.2, -0.15) is 5.48 Å². The minimum atomic E-state index is -2.01. The van der Waals surface area contributed by atoms with Crippen LogP contribution in [-0.2, 0) is 57.1 Å². The van der Waals surface area contributed by atoms with E-state index in [1.807, 2.05) is 28.8 Å². The van der Waals surface area contributed by atoms with Gasteiger partial charge in [0, 0.05) is 55.5 Å². The molecule has 0 spiro atoms. The number of allylic oxidation sites excluding steroid dienone is 2. The van der Waals surface area contributed by atoms with Crippen molar-refractivity contribution in [1.29, 1.82) is 0 Å². The molecule has 6 aliphatic rings. The molecule has 466 valence electrons. The number of rotatable bonds is 23. The Morgan fingerprint density at radius 2 is 1.61 bits per heavy atom. The number of methoxy groups -OCH3 is 5. The van der Waals surface area contributed by atoms with Crippen LogP contribution in [0.1, 0.15) is 82.1 Å². The van der Waals surface area contributed by atoms with Crippen LogP contribution in [0.5, 0.6) is 17.2 Å². The molecule has 0 aromatic heterocycles. The van der Waals surface area contributed by atoms with Crippen molar-refractivity contribution in [2.24, 2.45) is 5.92 Å². The van der Waals surface area contributed by atoms with Crippen LogP contribution in [0, 0.1) is 40.1 Å². The Kier molecular flexibility index (Phi) is 25.9. The number of nitrogens with one attached hydrogen (secondary N) is 1. The molecule has 84 heavy (non-hydrogen) atoms. The molecule has 7 rings (SSSR count). The molecule has 1 aromatic rings. The molecule has 0 amide bonds. The molecule has 0 radical (unpaired) electrons. The molecule has 22 nitrogen and oxygen atoms in total. The number of benzene rings is 1. The highest BCUT2D eigenvalue weighted by molar-refractivity contribution is 14.1. The molecule has 17 unspecified atom stereocenters. The van der Waals surface area contributed by atoms with E-state index in [4.69, 9.17) is 61.7 Å². The summed E-state index contributed by atoms with van der Waals surface area (Å²) < 4.78 is 72.9. The van der Waals surface area contributed by atoms with Crippen LogP contribution in [0.15, 0.2) is 34.9 Å². The van der Waals surface area contributed by atoms with Gasteiger partial charge in [0.15, 0.2) is 41.8 Å². The first-order valence-electron chi connectivity index (χ1n) is 27.4. The monoisotopic (exact) mass is 1370 g/mol. The summed E-state index contributed by atoms with van der Waals surface area (Å²) in [7, 11) is 11.4. The second-order valence-corrected chi connectivity index (χ2v) is 27.3. The van der Waals surface area contributed by atoms with Crippen LogP contribution in [0.4, 0.5) is 0 Å². The molecule has 27 heteroatoms. The van der Waals surface area contributed by atoms with Crippen molar-refractivity contribution in [2.45, 2.75) is 182 Å². The number of aliphatic hydroxyl groups excluding tert-OH is 4. The van der Waals surface area contributed by atoms with Gasteiger partial charge in [-0.25, -0.2) is 0 Å². The van der Waals surface area contributed by atoms with E-state index in [0.717, 1.165) is 24.6 Å². The standard InChI is InChI=1S/C57H76INO21S4/c1-12-17-31-26-73-39(24-37(31)68-6)78-51-46(64)44(28(3)75-56(51)77-36-18-15-13-14-16-20-57(67)25-35(61)32(22-38(62)69-7)42(36)33(57)19-21-82-84-81-11)59-80-40-23-34(60)53(30(5)74-40)83-54(66)41-27(2)43(58)49(52(72-10)48(41)70-8)79-55-47(65)50(71-9)45(63)29(4)76-55/h13-14,19,28-31,34,36-37,39-40,44-47,50-51,53,55-56,59-60,63-65,67H,12,17,21-26H2,1-11H3/b14-13-,33-19+/t28?,29?,30?,31?,34?,36-,37?,39?,40?,44?,45?,46?,47?,50?,51?,53?,55?,56?,57-/m0/s1. The molecule has 19 atom stereocenters. The number of Topliss-reactive ketones (excluding diaryl/α,β-unsaturated/α-hetero) is 1. The molecule has 4 heterocycles. The van der Waals surface area contributed by atoms with Crippen molar-refractivity contribution >= 4 is 82.6 Å². The number of ether oxygens (including phenoxy) is 12. The quantitative estimate of drug-likeness (QED) is 0.0213. The van der Waals surface area contributed by atoms with Crippen LogP contribution in [0.3, 0.4) is 0 Å². The van der Waals surface area contributed by atoms with Gasteiger partial charge in [0.05, 0.1) is 91.7 Å². The second kappa shape index (κ2) is 31.7. The van der Waals surface area contributed by atoms with Gasteiger partial charge in [-0.05, 0) is 90.5 Å². The average molecular weight is 1370 g/mol. The molecular formula is C57H76INO21S4. The van der Waals surface area contributed by atoms with Crippen molar-refractivity contribution in [3.8, 4) is 40.9 Å². The number of hydrogen-bond acceptors (Lipinski definition) is 26. The number of esters is 1. The van der Waals surface area contributed by atoms with Gasteiger partial charge in [-0.3, -0.25) is 19.2 Å². The highest BCUT2D eigenvalue weighted by atomic mass is 127. The van der Waals surface area contributed by atoms with Gasteiger partial charge in [0.2, 0.25) is 17.2 Å². The highest BCUT2D eigenvalue weighted by Crippen LogP contribution is 2.49. The van der Waals surface area contributed by atoms with E-state index in [1.165, 1.54) is 72.0 Å². The van der Waals surface area contributed by atoms with E-state index in [0.29, 0.717) is 21.5 Å². The first kappa shape index (κ1) is 68.8. The zero-order valence-corrected chi connectivity index (χ0v) is 54.0. The van der Waals surface area contributed by atoms with Gasteiger partial charge in [-0.15, -0.1) is 0 Å². The minimum Gasteiger partial charge on any atom is -0.492 e. The van der Waals surface area contributed by atoms with Gasteiger partial charge in [-0.1, -0.05) is 76.5 Å². The van der Waals surface area contributed by atoms with Gasteiger partial charge in [0.25, 0.3) is 0 Å². The maximum absolute atomic E-state index is 14.4. The predicted molar refractivity (Wildman–Crippen MR) is 322 cm³/mol. The molecular weight excluding hydrogens is 1290 g/mol. The third kappa shape index (κ3) is 15.8. The smallest absolute Gasteiger partial charge is 0.310 e. The van der Waals surface area contributed by atoms with Crippen LogP contribution >= 0.6 is 65.8 Å². The fourth-order valence-electron chi connectivity index (χ4n) is 11.0. The molecule has 6 N–H and O–H groups in total. The zero-order chi connectivity index (χ0) is 61.2. The van der Waals surface area contributed by atoms with E-state index in [2.05, 4.69) is 36.1 Å². The number of aliphatic hydroxyl groups is 5. The van der Waals surface area contributed by atoms with Crippen LogP contribution in [-0.4, -0.2) is 206 Å². The van der Waals surface area contributed by atoms with Gasteiger partial charge >= 0.3 is 5.97 Å². The SMILES string of the molecule is CCCC1COC(OC2C(O[C@H]3C#C/C=C\C#C[C@]4(O)CC(=O)C(CC(=O)OC)=C3/C4=C\CSSSC)OC(C)C(NOC3CC(O)C(SC(=O)c4c(C)c(I)c(OC5OC(C)C(O)C(OC)C5O)c(OC)c4OC)C(C)O3)C2O)CC1OC. The molecule has 4 fully saturated rings. The van der Waals surface area contributed by atoms with Crippen molar-refractivity contribution in [1.82, 2.24) is 5.48 Å². The van der Waals surface area contributed by atoms with Crippen molar-refractivity contribution < 1.29 is 102 Å². The minimum absolute atomic E-state index is 0.00619. The number of carbonyl (C=O) groups excluding carboxylic acids is 3. The molecule has 2 bridgehead atoms. The first-order chi connectivity index (χ1) is 40.2. The summed E-state index contributed by atoms with van der Waals surface area (Å²) in [6, 6.07) is -1.07.